The van der Waals surface area contributed by atoms with Crippen molar-refractivity contribution in [3.8, 4) is 0 Å². The van der Waals surface area contributed by atoms with Crippen LogP contribution in [0.25, 0.3) is 0 Å². The summed E-state index contributed by atoms with van der Waals surface area (Å²) in [4.78, 5) is 22.7. The van der Waals surface area contributed by atoms with E-state index in [-0.39, 0.29) is 6.61 Å². The number of aldehydes is 1. The highest BCUT2D eigenvalue weighted by atomic mass is 16.5. The number of carbonyl (C=O) groups is 2. The van der Waals surface area contributed by atoms with Crippen molar-refractivity contribution in [3.05, 3.63) is 71.8 Å². The van der Waals surface area contributed by atoms with E-state index >= 15 is 0 Å². The summed E-state index contributed by atoms with van der Waals surface area (Å²) in [6.07, 6.45) is 0.577. The number of rotatable bonds is 6. The lowest BCUT2D eigenvalue weighted by Gasteiger charge is -2.13. The second-order valence-electron chi connectivity index (χ2n) is 4.64. The van der Waals surface area contributed by atoms with Crippen LogP contribution in [0, 0.1) is 0 Å². The van der Waals surface area contributed by atoms with Crippen LogP contribution < -0.4 is 5.32 Å². The number of amides is 1. The summed E-state index contributed by atoms with van der Waals surface area (Å²) in [6, 6.07) is 18.3. The third kappa shape index (κ3) is 5.10. The molecule has 0 fully saturated rings. The number of ether oxygens (including phenoxy) is 1. The van der Waals surface area contributed by atoms with E-state index in [0.29, 0.717) is 6.42 Å². The lowest BCUT2D eigenvalue weighted by Crippen LogP contribution is -2.37. The number of carbonyl (C=O) groups excluding carboxylic acids is 2. The summed E-state index contributed by atoms with van der Waals surface area (Å²) in [6.45, 7) is 0.184. The molecule has 1 N–H and O–H groups in total. The molecule has 0 heterocycles. The van der Waals surface area contributed by atoms with Crippen LogP contribution in [0.3, 0.4) is 0 Å². The van der Waals surface area contributed by atoms with Gasteiger partial charge in [0.25, 0.3) is 0 Å². The lowest BCUT2D eigenvalue weighted by molar-refractivity contribution is -0.109. The van der Waals surface area contributed by atoms with Crippen LogP contribution in [0.15, 0.2) is 60.7 Å². The Kier molecular flexibility index (Phi) is 5.52. The highest BCUT2D eigenvalue weighted by Gasteiger charge is 2.12. The molecule has 1 atom stereocenters. The topological polar surface area (TPSA) is 55.4 Å². The first-order valence-electron chi connectivity index (χ1n) is 6.74. The highest BCUT2D eigenvalue weighted by Crippen LogP contribution is 2.03. The van der Waals surface area contributed by atoms with E-state index in [2.05, 4.69) is 5.32 Å². The molecule has 2 aromatic carbocycles. The van der Waals surface area contributed by atoms with Gasteiger partial charge in [0.2, 0.25) is 0 Å². The Morgan fingerprint density at radius 3 is 2.14 bits per heavy atom. The van der Waals surface area contributed by atoms with Gasteiger partial charge in [0.05, 0.1) is 6.04 Å². The molecular weight excluding hydrogens is 266 g/mol. The smallest absolute Gasteiger partial charge is 0.408 e. The molecule has 0 aliphatic heterocycles. The molecule has 4 heteroatoms. The molecule has 21 heavy (non-hydrogen) atoms. The molecule has 0 aromatic heterocycles. The third-order valence-electron chi connectivity index (χ3n) is 2.98. The van der Waals surface area contributed by atoms with Crippen molar-refractivity contribution < 1.29 is 14.3 Å². The molecule has 2 aromatic rings. The number of nitrogens with one attached hydrogen (secondary N) is 1. The molecular formula is C17H17NO3. The van der Waals surface area contributed by atoms with E-state index in [1.807, 2.05) is 60.7 Å². The third-order valence-corrected chi connectivity index (χ3v) is 2.98. The average Bonchev–Trinajstić information content (AvgIpc) is 2.54. The molecule has 0 spiro atoms. The molecule has 4 nitrogen and oxygen atoms in total. The van der Waals surface area contributed by atoms with E-state index in [0.717, 1.165) is 17.4 Å². The summed E-state index contributed by atoms with van der Waals surface area (Å²) in [5.41, 5.74) is 1.89. The fraction of sp³-hybridized carbons (Fsp3) is 0.176. The Balaban J connectivity index is 1.81. The Labute approximate surface area is 123 Å². The summed E-state index contributed by atoms with van der Waals surface area (Å²) < 4.78 is 5.09. The minimum Gasteiger partial charge on any atom is -0.445 e. The van der Waals surface area contributed by atoms with Gasteiger partial charge in [-0.2, -0.15) is 0 Å². The van der Waals surface area contributed by atoms with Gasteiger partial charge >= 0.3 is 6.09 Å². The quantitative estimate of drug-likeness (QED) is 0.829. The fourth-order valence-electron chi connectivity index (χ4n) is 1.92. The van der Waals surface area contributed by atoms with Gasteiger partial charge in [0.1, 0.15) is 12.9 Å². The molecule has 0 bridgehead atoms. The van der Waals surface area contributed by atoms with E-state index < -0.39 is 12.1 Å². The Morgan fingerprint density at radius 1 is 1.00 bits per heavy atom. The molecule has 0 saturated carbocycles. The van der Waals surface area contributed by atoms with Gasteiger partial charge < -0.3 is 14.8 Å². The van der Waals surface area contributed by atoms with Crippen LogP contribution in [0.5, 0.6) is 0 Å². The minimum absolute atomic E-state index is 0.184. The molecule has 0 radical (unpaired) electrons. The molecule has 0 aliphatic carbocycles. The maximum atomic E-state index is 11.7. The normalized spacial score (nSPS) is 11.4. The predicted molar refractivity (Wildman–Crippen MR) is 79.8 cm³/mol. The largest absolute Gasteiger partial charge is 0.445 e. The second-order valence-corrected chi connectivity index (χ2v) is 4.64. The molecule has 108 valence electrons. The van der Waals surface area contributed by atoms with Crippen LogP contribution in [-0.4, -0.2) is 18.4 Å². The van der Waals surface area contributed by atoms with E-state index in [4.69, 9.17) is 4.74 Å². The van der Waals surface area contributed by atoms with E-state index in [1.165, 1.54) is 0 Å². The summed E-state index contributed by atoms with van der Waals surface area (Å²) in [7, 11) is 0. The zero-order chi connectivity index (χ0) is 14.9. The second kappa shape index (κ2) is 7.85. The molecule has 2 rings (SSSR count). The molecule has 1 amide bonds. The van der Waals surface area contributed by atoms with Crippen LogP contribution in [0.4, 0.5) is 4.79 Å². The van der Waals surface area contributed by atoms with Crippen molar-refractivity contribution in [2.45, 2.75) is 19.1 Å². The number of hydrogen-bond acceptors (Lipinski definition) is 3. The zero-order valence-corrected chi connectivity index (χ0v) is 11.6. The Morgan fingerprint density at radius 2 is 1.57 bits per heavy atom. The standard InChI is InChI=1S/C17H17NO3/c19-12-16(11-14-7-3-1-4-8-14)18-17(20)21-13-15-9-5-2-6-10-15/h1-10,12,16H,11,13H2,(H,18,20). The number of benzene rings is 2. The van der Waals surface area contributed by atoms with E-state index in [1.54, 1.807) is 0 Å². The minimum atomic E-state index is -0.591. The predicted octanol–water partition coefficient (Wildman–Crippen LogP) is 2.72. The lowest BCUT2D eigenvalue weighted by atomic mass is 10.1. The maximum absolute atomic E-state index is 11.7. The van der Waals surface area contributed by atoms with Crippen molar-refractivity contribution in [1.29, 1.82) is 0 Å². The van der Waals surface area contributed by atoms with Gasteiger partial charge in [-0.25, -0.2) is 4.79 Å². The van der Waals surface area contributed by atoms with Gasteiger partial charge in [-0.05, 0) is 17.5 Å². The van der Waals surface area contributed by atoms with Gasteiger partial charge in [-0.1, -0.05) is 60.7 Å². The van der Waals surface area contributed by atoms with Crippen molar-refractivity contribution >= 4 is 12.4 Å². The maximum Gasteiger partial charge on any atom is 0.408 e. The Hall–Kier alpha value is -2.62. The average molecular weight is 283 g/mol. The number of hydrogen-bond donors (Lipinski definition) is 1. The molecule has 1 unspecified atom stereocenters. The van der Waals surface area contributed by atoms with Crippen molar-refractivity contribution in [2.24, 2.45) is 0 Å². The summed E-state index contributed by atoms with van der Waals surface area (Å²) >= 11 is 0. The van der Waals surface area contributed by atoms with Gasteiger partial charge in [0.15, 0.2) is 0 Å². The zero-order valence-electron chi connectivity index (χ0n) is 11.6. The van der Waals surface area contributed by atoms with E-state index in [9.17, 15) is 9.59 Å². The van der Waals surface area contributed by atoms with Gasteiger partial charge in [0, 0.05) is 0 Å². The molecule has 0 aliphatic rings. The monoisotopic (exact) mass is 283 g/mol. The van der Waals surface area contributed by atoms with Crippen LogP contribution >= 0.6 is 0 Å². The Bertz CT molecular complexity index is 569. The van der Waals surface area contributed by atoms with Gasteiger partial charge in [-0.15, -0.1) is 0 Å². The van der Waals surface area contributed by atoms with Crippen LogP contribution in [0.2, 0.25) is 0 Å². The first-order valence-corrected chi connectivity index (χ1v) is 6.74. The van der Waals surface area contributed by atoms with Crippen molar-refractivity contribution in [2.75, 3.05) is 0 Å². The van der Waals surface area contributed by atoms with Gasteiger partial charge in [-0.3, -0.25) is 0 Å². The van der Waals surface area contributed by atoms with Crippen LogP contribution in [0.1, 0.15) is 11.1 Å². The summed E-state index contributed by atoms with van der Waals surface area (Å²) in [5.74, 6) is 0. The number of alkyl carbamates (subject to hydrolysis) is 1. The SMILES string of the molecule is O=CC(Cc1ccccc1)NC(=O)OCc1ccccc1. The van der Waals surface area contributed by atoms with Crippen molar-refractivity contribution in [1.82, 2.24) is 5.32 Å². The van der Waals surface area contributed by atoms with Crippen molar-refractivity contribution in [3.63, 3.8) is 0 Å². The van der Waals surface area contributed by atoms with Crippen LogP contribution in [-0.2, 0) is 22.6 Å². The first-order chi connectivity index (χ1) is 10.3. The summed E-state index contributed by atoms with van der Waals surface area (Å²) in [5, 5.41) is 2.56. The fourth-order valence-corrected chi connectivity index (χ4v) is 1.92. The first kappa shape index (κ1) is 14.8. The highest BCUT2D eigenvalue weighted by molar-refractivity contribution is 5.73. The molecule has 0 saturated heterocycles.